The molecular formula is C23H22N4O2. The number of allylic oxidation sites excluding steroid dienone is 1. The molecule has 0 radical (unpaired) electrons. The van der Waals surface area contributed by atoms with Gasteiger partial charge in [0.15, 0.2) is 5.69 Å². The Morgan fingerprint density at radius 1 is 1.21 bits per heavy atom. The van der Waals surface area contributed by atoms with E-state index in [-0.39, 0.29) is 11.1 Å². The SMILES string of the molecule is COc1cc(C2CC2)ccc1-n1ccc(=O)c(C(C=CN)=Nc2ccccc2)n1. The lowest BCUT2D eigenvalue weighted by molar-refractivity contribution is 0.411. The Morgan fingerprint density at radius 2 is 2.00 bits per heavy atom. The van der Waals surface area contributed by atoms with Crippen LogP contribution in [0.25, 0.3) is 5.69 Å². The summed E-state index contributed by atoms with van der Waals surface area (Å²) in [5.74, 6) is 1.34. The van der Waals surface area contributed by atoms with Crippen molar-refractivity contribution >= 4 is 11.4 Å². The molecule has 0 unspecified atom stereocenters. The molecule has 1 fully saturated rings. The van der Waals surface area contributed by atoms with Crippen molar-refractivity contribution in [3.05, 3.63) is 94.6 Å². The van der Waals surface area contributed by atoms with E-state index in [4.69, 9.17) is 10.5 Å². The van der Waals surface area contributed by atoms with Crippen molar-refractivity contribution < 1.29 is 4.74 Å². The molecule has 0 bridgehead atoms. The van der Waals surface area contributed by atoms with Crippen molar-refractivity contribution in [1.29, 1.82) is 0 Å². The largest absolute Gasteiger partial charge is 0.494 e. The molecule has 0 saturated heterocycles. The average Bonchev–Trinajstić information content (AvgIpc) is 3.60. The molecular weight excluding hydrogens is 364 g/mol. The Hall–Kier alpha value is -3.67. The zero-order chi connectivity index (χ0) is 20.2. The topological polar surface area (TPSA) is 82.5 Å². The summed E-state index contributed by atoms with van der Waals surface area (Å²) >= 11 is 0. The fraction of sp³-hybridized carbons (Fsp3) is 0.174. The van der Waals surface area contributed by atoms with Crippen molar-refractivity contribution in [3.63, 3.8) is 0 Å². The minimum Gasteiger partial charge on any atom is -0.494 e. The highest BCUT2D eigenvalue weighted by Gasteiger charge is 2.24. The van der Waals surface area contributed by atoms with Crippen LogP contribution in [0.4, 0.5) is 5.69 Å². The first-order chi connectivity index (χ1) is 14.2. The maximum atomic E-state index is 12.6. The zero-order valence-electron chi connectivity index (χ0n) is 16.2. The van der Waals surface area contributed by atoms with Gasteiger partial charge in [0.1, 0.15) is 11.4 Å². The third kappa shape index (κ3) is 4.11. The van der Waals surface area contributed by atoms with Gasteiger partial charge in [0, 0.05) is 12.3 Å². The number of aliphatic imine (C=N–C) groups is 1. The Labute approximate surface area is 169 Å². The first-order valence-corrected chi connectivity index (χ1v) is 9.50. The molecule has 2 N–H and O–H groups in total. The van der Waals surface area contributed by atoms with Gasteiger partial charge in [0.05, 0.1) is 18.5 Å². The first kappa shape index (κ1) is 18.7. The van der Waals surface area contributed by atoms with Gasteiger partial charge in [-0.25, -0.2) is 9.67 Å². The van der Waals surface area contributed by atoms with Crippen LogP contribution < -0.4 is 15.9 Å². The molecule has 29 heavy (non-hydrogen) atoms. The summed E-state index contributed by atoms with van der Waals surface area (Å²) in [7, 11) is 1.64. The van der Waals surface area contributed by atoms with Crippen molar-refractivity contribution in [1.82, 2.24) is 9.78 Å². The summed E-state index contributed by atoms with van der Waals surface area (Å²) in [6.45, 7) is 0. The average molecular weight is 386 g/mol. The molecule has 1 aliphatic rings. The van der Waals surface area contributed by atoms with Crippen molar-refractivity contribution in [3.8, 4) is 11.4 Å². The van der Waals surface area contributed by atoms with E-state index in [0.717, 1.165) is 5.69 Å². The quantitative estimate of drug-likeness (QED) is 0.655. The van der Waals surface area contributed by atoms with Crippen molar-refractivity contribution in [2.75, 3.05) is 7.11 Å². The summed E-state index contributed by atoms with van der Waals surface area (Å²) in [5, 5.41) is 4.54. The van der Waals surface area contributed by atoms with E-state index in [1.807, 2.05) is 42.5 Å². The zero-order valence-corrected chi connectivity index (χ0v) is 16.2. The van der Waals surface area contributed by atoms with Gasteiger partial charge in [-0.3, -0.25) is 4.79 Å². The van der Waals surface area contributed by atoms with Crippen LogP contribution in [0, 0.1) is 0 Å². The maximum Gasteiger partial charge on any atom is 0.209 e. The van der Waals surface area contributed by atoms with E-state index >= 15 is 0 Å². The van der Waals surface area contributed by atoms with Gasteiger partial charge in [-0.1, -0.05) is 24.3 Å². The Kier molecular flexibility index (Phi) is 5.24. The van der Waals surface area contributed by atoms with E-state index in [0.29, 0.717) is 23.1 Å². The van der Waals surface area contributed by atoms with Gasteiger partial charge in [-0.05, 0) is 60.9 Å². The molecule has 6 nitrogen and oxygen atoms in total. The number of para-hydroxylation sites is 1. The van der Waals surface area contributed by atoms with E-state index in [9.17, 15) is 4.79 Å². The number of hydrogen-bond acceptors (Lipinski definition) is 5. The van der Waals surface area contributed by atoms with Crippen LogP contribution in [0.5, 0.6) is 5.75 Å². The van der Waals surface area contributed by atoms with Gasteiger partial charge in [0.2, 0.25) is 5.43 Å². The fourth-order valence-electron chi connectivity index (χ4n) is 3.18. The van der Waals surface area contributed by atoms with Gasteiger partial charge >= 0.3 is 0 Å². The smallest absolute Gasteiger partial charge is 0.209 e. The summed E-state index contributed by atoms with van der Waals surface area (Å²) in [6.07, 6.45) is 6.99. The van der Waals surface area contributed by atoms with Crippen LogP contribution in [0.2, 0.25) is 0 Å². The third-order valence-corrected chi connectivity index (χ3v) is 4.81. The highest BCUT2D eigenvalue weighted by molar-refractivity contribution is 6.08. The minimum absolute atomic E-state index is 0.214. The van der Waals surface area contributed by atoms with Gasteiger partial charge in [0.25, 0.3) is 0 Å². The molecule has 1 heterocycles. The normalized spacial score (nSPS) is 14.3. The lowest BCUT2D eigenvalue weighted by Crippen LogP contribution is -2.20. The lowest BCUT2D eigenvalue weighted by Gasteiger charge is -2.13. The second-order valence-corrected chi connectivity index (χ2v) is 6.87. The molecule has 0 atom stereocenters. The Bertz CT molecular complexity index is 1130. The number of nitrogens with zero attached hydrogens (tertiary/aromatic N) is 3. The molecule has 6 heteroatoms. The minimum atomic E-state index is -0.234. The van der Waals surface area contributed by atoms with Gasteiger partial charge in [-0.15, -0.1) is 0 Å². The third-order valence-electron chi connectivity index (χ3n) is 4.81. The maximum absolute atomic E-state index is 12.6. The summed E-state index contributed by atoms with van der Waals surface area (Å²) in [6, 6.07) is 17.0. The van der Waals surface area contributed by atoms with Crippen LogP contribution in [-0.2, 0) is 0 Å². The number of aromatic nitrogens is 2. The van der Waals surface area contributed by atoms with Crippen LogP contribution in [-0.4, -0.2) is 22.6 Å². The van der Waals surface area contributed by atoms with Crippen LogP contribution in [0.15, 0.2) is 82.9 Å². The second kappa shape index (κ2) is 8.14. The van der Waals surface area contributed by atoms with Crippen LogP contribution in [0.3, 0.4) is 0 Å². The Morgan fingerprint density at radius 3 is 2.69 bits per heavy atom. The number of methoxy groups -OCH3 is 1. The fourth-order valence-corrected chi connectivity index (χ4v) is 3.18. The molecule has 1 aliphatic carbocycles. The molecule has 3 aromatic rings. The molecule has 1 aromatic heterocycles. The summed E-state index contributed by atoms with van der Waals surface area (Å²) in [4.78, 5) is 17.1. The summed E-state index contributed by atoms with van der Waals surface area (Å²) in [5.41, 5.74) is 8.71. The highest BCUT2D eigenvalue weighted by Crippen LogP contribution is 2.42. The second-order valence-electron chi connectivity index (χ2n) is 6.87. The molecule has 0 aliphatic heterocycles. The number of rotatable bonds is 6. The number of benzene rings is 2. The molecule has 146 valence electrons. The van der Waals surface area contributed by atoms with E-state index < -0.39 is 0 Å². The number of nitrogens with two attached hydrogens (primary N) is 1. The first-order valence-electron chi connectivity index (χ1n) is 9.50. The standard InChI is InChI=1S/C23H22N4O2/c1-29-22-15-17(16-7-8-16)9-10-20(22)27-14-12-21(28)23(26-27)19(11-13-24)25-18-5-3-2-4-6-18/h2-6,9-16H,7-8,24H2,1H3. The monoisotopic (exact) mass is 386 g/mol. The van der Waals surface area contributed by atoms with Gasteiger partial charge < -0.3 is 10.5 Å². The van der Waals surface area contributed by atoms with Crippen LogP contribution >= 0.6 is 0 Å². The van der Waals surface area contributed by atoms with E-state index in [2.05, 4.69) is 16.2 Å². The van der Waals surface area contributed by atoms with E-state index in [1.54, 1.807) is 24.1 Å². The van der Waals surface area contributed by atoms with Gasteiger partial charge in [-0.2, -0.15) is 5.10 Å². The lowest BCUT2D eigenvalue weighted by atomic mass is 10.1. The Balaban J connectivity index is 1.80. The number of ether oxygens (including phenoxy) is 1. The van der Waals surface area contributed by atoms with Crippen molar-refractivity contribution in [2.45, 2.75) is 18.8 Å². The predicted molar refractivity (Wildman–Crippen MR) is 114 cm³/mol. The molecule has 4 rings (SSSR count). The number of hydrogen-bond donors (Lipinski definition) is 1. The predicted octanol–water partition coefficient (Wildman–Crippen LogP) is 3.71. The molecule has 1 saturated carbocycles. The molecule has 2 aromatic carbocycles. The van der Waals surface area contributed by atoms with E-state index in [1.165, 1.54) is 30.7 Å². The van der Waals surface area contributed by atoms with Crippen LogP contribution in [0.1, 0.15) is 30.0 Å². The summed E-state index contributed by atoms with van der Waals surface area (Å²) < 4.78 is 7.22. The molecule has 0 spiro atoms. The highest BCUT2D eigenvalue weighted by atomic mass is 16.5. The van der Waals surface area contributed by atoms with Crippen molar-refractivity contribution in [2.24, 2.45) is 10.7 Å². The molecule has 0 amide bonds.